The standard InChI is InChI=1S/C14H19N3/c1-4-15-9-13-6-5-7-14(8-13)17-10-16-11(2)12(17)3/h5-8,10,15H,4,9H2,1-3H3. The smallest absolute Gasteiger partial charge is 0.0997 e. The van der Waals surface area contributed by atoms with E-state index >= 15 is 0 Å². The normalized spacial score (nSPS) is 10.8. The quantitative estimate of drug-likeness (QED) is 0.873. The fraction of sp³-hybridized carbons (Fsp3) is 0.357. The summed E-state index contributed by atoms with van der Waals surface area (Å²) in [4.78, 5) is 4.33. The summed E-state index contributed by atoms with van der Waals surface area (Å²) in [5, 5.41) is 3.34. The zero-order valence-electron chi connectivity index (χ0n) is 10.7. The van der Waals surface area contributed by atoms with E-state index in [-0.39, 0.29) is 0 Å². The maximum Gasteiger partial charge on any atom is 0.0997 e. The molecule has 0 aliphatic heterocycles. The van der Waals surface area contributed by atoms with Crippen LogP contribution in [0.25, 0.3) is 5.69 Å². The van der Waals surface area contributed by atoms with E-state index < -0.39 is 0 Å². The van der Waals surface area contributed by atoms with Crippen LogP contribution < -0.4 is 5.32 Å². The van der Waals surface area contributed by atoms with E-state index in [4.69, 9.17) is 0 Å². The van der Waals surface area contributed by atoms with Gasteiger partial charge in [-0.25, -0.2) is 4.98 Å². The van der Waals surface area contributed by atoms with Crippen LogP contribution in [-0.4, -0.2) is 16.1 Å². The zero-order chi connectivity index (χ0) is 12.3. The van der Waals surface area contributed by atoms with E-state index in [0.29, 0.717) is 0 Å². The molecular formula is C14H19N3. The third kappa shape index (κ3) is 2.56. The molecule has 0 spiro atoms. The summed E-state index contributed by atoms with van der Waals surface area (Å²) in [6.45, 7) is 8.16. The zero-order valence-corrected chi connectivity index (χ0v) is 10.7. The average molecular weight is 229 g/mol. The maximum atomic E-state index is 4.33. The number of hydrogen-bond acceptors (Lipinski definition) is 2. The van der Waals surface area contributed by atoms with Gasteiger partial charge >= 0.3 is 0 Å². The van der Waals surface area contributed by atoms with Gasteiger partial charge in [-0.1, -0.05) is 19.1 Å². The summed E-state index contributed by atoms with van der Waals surface area (Å²) in [7, 11) is 0. The SMILES string of the molecule is CCNCc1cccc(-n2cnc(C)c2C)c1. The van der Waals surface area contributed by atoms with Crippen LogP contribution in [0.4, 0.5) is 0 Å². The Balaban J connectivity index is 2.30. The van der Waals surface area contributed by atoms with Crippen molar-refractivity contribution < 1.29 is 0 Å². The van der Waals surface area contributed by atoms with E-state index in [0.717, 1.165) is 18.8 Å². The molecule has 1 aromatic carbocycles. The van der Waals surface area contributed by atoms with Gasteiger partial charge in [-0.2, -0.15) is 0 Å². The molecule has 0 aliphatic carbocycles. The van der Waals surface area contributed by atoms with Crippen molar-refractivity contribution in [2.45, 2.75) is 27.3 Å². The highest BCUT2D eigenvalue weighted by Crippen LogP contribution is 2.15. The van der Waals surface area contributed by atoms with Gasteiger partial charge in [-0.15, -0.1) is 0 Å². The number of hydrogen-bond donors (Lipinski definition) is 1. The van der Waals surface area contributed by atoms with Gasteiger partial charge in [-0.3, -0.25) is 0 Å². The molecule has 17 heavy (non-hydrogen) atoms. The molecule has 2 rings (SSSR count). The topological polar surface area (TPSA) is 29.9 Å². The predicted octanol–water partition coefficient (Wildman–Crippen LogP) is 2.60. The summed E-state index contributed by atoms with van der Waals surface area (Å²) in [6, 6.07) is 8.56. The number of benzene rings is 1. The van der Waals surface area contributed by atoms with E-state index in [1.165, 1.54) is 16.9 Å². The van der Waals surface area contributed by atoms with Crippen LogP contribution in [0.1, 0.15) is 23.9 Å². The first-order valence-electron chi connectivity index (χ1n) is 6.03. The van der Waals surface area contributed by atoms with Crippen molar-refractivity contribution >= 4 is 0 Å². The second-order valence-corrected chi connectivity index (χ2v) is 4.24. The maximum absolute atomic E-state index is 4.33. The molecule has 90 valence electrons. The monoisotopic (exact) mass is 229 g/mol. The lowest BCUT2D eigenvalue weighted by molar-refractivity contribution is 0.726. The van der Waals surface area contributed by atoms with Crippen molar-refractivity contribution in [3.8, 4) is 5.69 Å². The Hall–Kier alpha value is -1.61. The number of aromatic nitrogens is 2. The third-order valence-corrected chi connectivity index (χ3v) is 3.02. The van der Waals surface area contributed by atoms with Crippen LogP contribution in [-0.2, 0) is 6.54 Å². The first kappa shape index (κ1) is 11.9. The van der Waals surface area contributed by atoms with Crippen LogP contribution >= 0.6 is 0 Å². The van der Waals surface area contributed by atoms with Crippen molar-refractivity contribution in [3.05, 3.63) is 47.5 Å². The second kappa shape index (κ2) is 5.15. The highest BCUT2D eigenvalue weighted by atomic mass is 15.1. The predicted molar refractivity (Wildman–Crippen MR) is 70.4 cm³/mol. The Labute approximate surface area is 103 Å². The molecule has 0 aliphatic rings. The van der Waals surface area contributed by atoms with Gasteiger partial charge < -0.3 is 9.88 Å². The molecule has 0 bridgehead atoms. The molecule has 0 amide bonds. The lowest BCUT2D eigenvalue weighted by Gasteiger charge is -2.08. The Morgan fingerprint density at radius 2 is 2.12 bits per heavy atom. The van der Waals surface area contributed by atoms with Crippen molar-refractivity contribution in [2.24, 2.45) is 0 Å². The number of aryl methyl sites for hydroxylation is 1. The van der Waals surface area contributed by atoms with Crippen molar-refractivity contribution in [1.29, 1.82) is 0 Å². The van der Waals surface area contributed by atoms with Gasteiger partial charge in [0.05, 0.1) is 12.0 Å². The van der Waals surface area contributed by atoms with Crippen LogP contribution in [0, 0.1) is 13.8 Å². The van der Waals surface area contributed by atoms with Crippen LogP contribution in [0.5, 0.6) is 0 Å². The molecule has 2 aromatic rings. The van der Waals surface area contributed by atoms with Gasteiger partial charge in [0.2, 0.25) is 0 Å². The van der Waals surface area contributed by atoms with Crippen molar-refractivity contribution in [3.63, 3.8) is 0 Å². The summed E-state index contributed by atoms with van der Waals surface area (Å²) < 4.78 is 2.13. The molecule has 0 radical (unpaired) electrons. The molecule has 1 N–H and O–H groups in total. The van der Waals surface area contributed by atoms with Crippen LogP contribution in [0.3, 0.4) is 0 Å². The second-order valence-electron chi connectivity index (χ2n) is 4.24. The van der Waals surface area contributed by atoms with E-state index in [1.54, 1.807) is 0 Å². The fourth-order valence-corrected chi connectivity index (χ4v) is 1.84. The molecule has 0 saturated heterocycles. The number of nitrogens with one attached hydrogen (secondary N) is 1. The lowest BCUT2D eigenvalue weighted by atomic mass is 10.2. The molecular weight excluding hydrogens is 210 g/mol. The van der Waals surface area contributed by atoms with Gasteiger partial charge in [0.25, 0.3) is 0 Å². The van der Waals surface area contributed by atoms with Crippen molar-refractivity contribution in [2.75, 3.05) is 6.54 Å². The van der Waals surface area contributed by atoms with Crippen LogP contribution in [0.2, 0.25) is 0 Å². The van der Waals surface area contributed by atoms with Crippen molar-refractivity contribution in [1.82, 2.24) is 14.9 Å². The number of imidazole rings is 1. The van der Waals surface area contributed by atoms with Crippen LogP contribution in [0.15, 0.2) is 30.6 Å². The molecule has 0 atom stereocenters. The first-order valence-corrected chi connectivity index (χ1v) is 6.03. The fourth-order valence-electron chi connectivity index (χ4n) is 1.84. The highest BCUT2D eigenvalue weighted by molar-refractivity contribution is 5.38. The largest absolute Gasteiger partial charge is 0.313 e. The summed E-state index contributed by atoms with van der Waals surface area (Å²) in [6.07, 6.45) is 1.89. The minimum absolute atomic E-state index is 0.914. The molecule has 0 fully saturated rings. The Bertz CT molecular complexity index is 500. The minimum atomic E-state index is 0.914. The summed E-state index contributed by atoms with van der Waals surface area (Å²) in [5.74, 6) is 0. The first-order chi connectivity index (χ1) is 8.22. The molecule has 1 heterocycles. The van der Waals surface area contributed by atoms with E-state index in [9.17, 15) is 0 Å². The molecule has 3 nitrogen and oxygen atoms in total. The van der Waals surface area contributed by atoms with Gasteiger partial charge in [0.15, 0.2) is 0 Å². The lowest BCUT2D eigenvalue weighted by Crippen LogP contribution is -2.11. The van der Waals surface area contributed by atoms with Gasteiger partial charge in [0.1, 0.15) is 0 Å². The average Bonchev–Trinajstić information content (AvgIpc) is 2.68. The summed E-state index contributed by atoms with van der Waals surface area (Å²) >= 11 is 0. The number of rotatable bonds is 4. The minimum Gasteiger partial charge on any atom is -0.313 e. The molecule has 0 saturated carbocycles. The third-order valence-electron chi connectivity index (χ3n) is 3.02. The number of nitrogens with zero attached hydrogens (tertiary/aromatic N) is 2. The van der Waals surface area contributed by atoms with Gasteiger partial charge in [-0.05, 0) is 38.1 Å². The summed E-state index contributed by atoms with van der Waals surface area (Å²) in [5.41, 5.74) is 4.77. The Kier molecular flexibility index (Phi) is 3.59. The Morgan fingerprint density at radius 3 is 2.76 bits per heavy atom. The molecule has 1 aromatic heterocycles. The molecule has 3 heteroatoms. The highest BCUT2D eigenvalue weighted by Gasteiger charge is 2.04. The van der Waals surface area contributed by atoms with Gasteiger partial charge in [0, 0.05) is 17.9 Å². The van der Waals surface area contributed by atoms with E-state index in [2.05, 4.69) is 53.0 Å². The molecule has 0 unspecified atom stereocenters. The van der Waals surface area contributed by atoms with E-state index in [1.807, 2.05) is 13.3 Å². The Morgan fingerprint density at radius 1 is 1.29 bits per heavy atom.